The average Bonchev–Trinajstić information content (AvgIpc) is 3.48. The van der Waals surface area contributed by atoms with Crippen LogP contribution in [0.25, 0.3) is 44.1 Å². The molecule has 0 aliphatic carbocycles. The van der Waals surface area contributed by atoms with Crippen molar-refractivity contribution >= 4 is 34.4 Å². The van der Waals surface area contributed by atoms with E-state index >= 15 is 0 Å². The second kappa shape index (κ2) is 20.5. The number of alkyl halides is 6. The fraction of sp³-hybridized carbons (Fsp3) is 0.455. The lowest BCUT2D eigenvalue weighted by molar-refractivity contribution is -0.275. The fourth-order valence-corrected chi connectivity index (χ4v) is 6.87. The molecule has 1 atom stereocenters. The van der Waals surface area contributed by atoms with Crippen LogP contribution in [0.5, 0.6) is 11.5 Å². The summed E-state index contributed by atoms with van der Waals surface area (Å²) in [5.74, 6) is -0.287. The van der Waals surface area contributed by atoms with E-state index in [2.05, 4.69) is 76.3 Å². The third-order valence-corrected chi connectivity index (χ3v) is 10.0. The van der Waals surface area contributed by atoms with Crippen LogP contribution in [0.2, 0.25) is 0 Å². The minimum atomic E-state index is -4.78. The maximum atomic E-state index is 12.8. The smallest absolute Gasteiger partial charge is 0.406 e. The zero-order chi connectivity index (χ0) is 41.8. The highest BCUT2D eigenvalue weighted by molar-refractivity contribution is 7.79. The molecule has 4 aromatic carbocycles. The quantitative estimate of drug-likeness (QED) is 0.112. The Morgan fingerprint density at radius 2 is 0.946 bits per heavy atom. The van der Waals surface area contributed by atoms with Crippen molar-refractivity contribution in [3.05, 3.63) is 84.9 Å². The van der Waals surface area contributed by atoms with Gasteiger partial charge >= 0.3 is 12.7 Å². The van der Waals surface area contributed by atoms with E-state index in [1.54, 1.807) is 30.5 Å². The molecule has 5 nitrogen and oxygen atoms in total. The van der Waals surface area contributed by atoms with Gasteiger partial charge in [0.25, 0.3) is 0 Å². The number of rotatable bonds is 10. The number of hydrogen-bond acceptors (Lipinski definition) is 5. The van der Waals surface area contributed by atoms with Gasteiger partial charge in [-0.15, -0.1) is 26.3 Å². The molecule has 0 N–H and O–H groups in total. The predicted octanol–water partition coefficient (Wildman–Crippen LogP) is 12.8. The highest BCUT2D eigenvalue weighted by Gasteiger charge is 2.33. The molecule has 6 rings (SSSR count). The fourth-order valence-electron chi connectivity index (χ4n) is 6.87. The SMILES string of the molecule is CC.CC.CCN1CCN(CC(C)(C)C(C)Cn2c3ccc(-c4ccc(OC(F)(F)F)cc4)cc3c3cc(-c4ccc(OC(F)(F)F)cc4)ccc32)CC1.CS. The summed E-state index contributed by atoms with van der Waals surface area (Å²) in [6.07, 6.45) is -7.86. The number of fused-ring (bicyclic) bond motifs is 3. The lowest BCUT2D eigenvalue weighted by Crippen LogP contribution is -2.50. The summed E-state index contributed by atoms with van der Waals surface area (Å²) in [7, 11) is 0. The summed E-state index contributed by atoms with van der Waals surface area (Å²) < 4.78 is 87.0. The molecule has 0 bridgehead atoms. The van der Waals surface area contributed by atoms with Gasteiger partial charge in [-0.05, 0) is 94.9 Å². The molecular formula is C44H57F6N3O2S. The van der Waals surface area contributed by atoms with E-state index < -0.39 is 12.7 Å². The van der Waals surface area contributed by atoms with Crippen molar-refractivity contribution in [1.29, 1.82) is 0 Å². The maximum absolute atomic E-state index is 12.8. The zero-order valence-corrected chi connectivity index (χ0v) is 34.9. The van der Waals surface area contributed by atoms with Gasteiger partial charge in [0.15, 0.2) is 0 Å². The number of piperazine rings is 1. The Morgan fingerprint density at radius 3 is 1.30 bits per heavy atom. The lowest BCUT2D eigenvalue weighted by atomic mass is 9.79. The number of benzene rings is 4. The minimum absolute atomic E-state index is 0.0116. The molecular weight excluding hydrogens is 749 g/mol. The molecule has 0 saturated carbocycles. The van der Waals surface area contributed by atoms with Gasteiger partial charge in [-0.1, -0.05) is 91.8 Å². The Bertz CT molecular complexity index is 1820. The standard InChI is InChI=1S/C39H41F6N3O2.2C2H6.CH4S/c1-5-46-18-20-47(21-19-46)25-37(3,4)26(2)24-48-35-16-10-29(27-6-12-31(13-7-27)49-38(40,41)42)22-33(35)34-23-30(11-17-36(34)48)28-8-14-32(15-9-28)50-39(43,44)45;3*1-2/h6-17,22-23,26H,5,18-21,24-25H2,1-4H3;2*1-2H3;2H,1H3. The van der Waals surface area contributed by atoms with Gasteiger partial charge in [0.05, 0.1) is 0 Å². The van der Waals surface area contributed by atoms with Crippen molar-refractivity contribution < 1.29 is 35.8 Å². The van der Waals surface area contributed by atoms with Crippen LogP contribution in [0, 0.1) is 11.3 Å². The van der Waals surface area contributed by atoms with Crippen molar-refractivity contribution in [2.24, 2.45) is 11.3 Å². The van der Waals surface area contributed by atoms with Crippen molar-refractivity contribution in [3.63, 3.8) is 0 Å². The number of halogens is 6. The normalized spacial score (nSPS) is 14.5. The van der Waals surface area contributed by atoms with Crippen LogP contribution in [0.3, 0.4) is 0 Å². The Morgan fingerprint density at radius 1 is 0.589 bits per heavy atom. The molecule has 5 aromatic rings. The van der Waals surface area contributed by atoms with Crippen LogP contribution in [0.1, 0.15) is 55.4 Å². The summed E-state index contributed by atoms with van der Waals surface area (Å²) in [6.45, 7) is 24.2. The molecule has 1 fully saturated rings. The Labute approximate surface area is 334 Å². The molecule has 1 aliphatic rings. The summed E-state index contributed by atoms with van der Waals surface area (Å²) in [6, 6.07) is 23.7. The second-order valence-corrected chi connectivity index (χ2v) is 13.8. The van der Waals surface area contributed by atoms with Gasteiger partial charge in [0.1, 0.15) is 11.5 Å². The molecule has 1 saturated heterocycles. The summed E-state index contributed by atoms with van der Waals surface area (Å²) in [5, 5.41) is 1.93. The Balaban J connectivity index is 0.00000134. The molecule has 1 unspecified atom stereocenters. The van der Waals surface area contributed by atoms with E-state index in [1.807, 2.05) is 52.0 Å². The van der Waals surface area contributed by atoms with Crippen molar-refractivity contribution in [2.45, 2.75) is 74.7 Å². The van der Waals surface area contributed by atoms with Gasteiger partial charge in [0.2, 0.25) is 0 Å². The second-order valence-electron chi connectivity index (χ2n) is 13.8. The lowest BCUT2D eigenvalue weighted by Gasteiger charge is -2.41. The van der Waals surface area contributed by atoms with E-state index in [0.717, 1.165) is 89.9 Å². The van der Waals surface area contributed by atoms with Crippen molar-refractivity contribution in [3.8, 4) is 33.8 Å². The molecule has 0 radical (unpaired) electrons. The van der Waals surface area contributed by atoms with Crippen LogP contribution in [-0.4, -0.2) is 72.6 Å². The number of thiol groups is 1. The van der Waals surface area contributed by atoms with Gasteiger partial charge < -0.3 is 23.8 Å². The monoisotopic (exact) mass is 805 g/mol. The Kier molecular flexibility index (Phi) is 17.0. The molecule has 1 aliphatic heterocycles. The van der Waals surface area contributed by atoms with Gasteiger partial charge in [-0.2, -0.15) is 12.6 Å². The summed E-state index contributed by atoms with van der Waals surface area (Å²) >= 11 is 3.53. The number of nitrogens with zero attached hydrogens (tertiary/aromatic N) is 3. The molecule has 308 valence electrons. The summed E-state index contributed by atoms with van der Waals surface area (Å²) in [5.41, 5.74) is 5.17. The van der Waals surface area contributed by atoms with E-state index in [0.29, 0.717) is 5.92 Å². The van der Waals surface area contributed by atoms with E-state index in [4.69, 9.17) is 0 Å². The zero-order valence-electron chi connectivity index (χ0n) is 34.0. The van der Waals surface area contributed by atoms with Crippen LogP contribution in [-0.2, 0) is 6.54 Å². The van der Waals surface area contributed by atoms with Crippen LogP contribution < -0.4 is 9.47 Å². The van der Waals surface area contributed by atoms with Crippen LogP contribution in [0.4, 0.5) is 26.3 Å². The first-order valence-corrected chi connectivity index (χ1v) is 20.2. The highest BCUT2D eigenvalue weighted by atomic mass is 32.1. The van der Waals surface area contributed by atoms with E-state index in [9.17, 15) is 26.3 Å². The van der Waals surface area contributed by atoms with E-state index in [1.165, 1.54) is 24.3 Å². The highest BCUT2D eigenvalue weighted by Crippen LogP contribution is 2.39. The third kappa shape index (κ3) is 12.3. The van der Waals surface area contributed by atoms with Crippen LogP contribution >= 0.6 is 12.6 Å². The molecule has 12 heteroatoms. The molecule has 2 heterocycles. The maximum Gasteiger partial charge on any atom is 0.573 e. The van der Waals surface area contributed by atoms with Gasteiger partial charge in [0, 0.05) is 61.1 Å². The largest absolute Gasteiger partial charge is 0.573 e. The molecule has 56 heavy (non-hydrogen) atoms. The third-order valence-electron chi connectivity index (χ3n) is 10.0. The Hall–Kier alpha value is -3.87. The van der Waals surface area contributed by atoms with Crippen molar-refractivity contribution in [1.82, 2.24) is 14.4 Å². The average molecular weight is 806 g/mol. The molecule has 1 aromatic heterocycles. The predicted molar refractivity (Wildman–Crippen MR) is 223 cm³/mol. The number of aromatic nitrogens is 1. The van der Waals surface area contributed by atoms with E-state index in [-0.39, 0.29) is 16.9 Å². The van der Waals surface area contributed by atoms with Crippen LogP contribution in [0.15, 0.2) is 84.9 Å². The number of ether oxygens (including phenoxy) is 2. The minimum Gasteiger partial charge on any atom is -0.406 e. The topological polar surface area (TPSA) is 29.9 Å². The number of hydrogen-bond donors (Lipinski definition) is 1. The first kappa shape index (κ1) is 46.5. The molecule has 0 amide bonds. The molecule has 0 spiro atoms. The van der Waals surface area contributed by atoms with Gasteiger partial charge in [-0.3, -0.25) is 0 Å². The first-order chi connectivity index (χ1) is 26.6. The van der Waals surface area contributed by atoms with Crippen molar-refractivity contribution in [2.75, 3.05) is 45.5 Å². The summed E-state index contributed by atoms with van der Waals surface area (Å²) in [4.78, 5) is 5.03. The van der Waals surface area contributed by atoms with Gasteiger partial charge in [-0.25, -0.2) is 0 Å². The first-order valence-electron chi connectivity index (χ1n) is 19.3. The number of likely N-dealkylation sites (N-methyl/N-ethyl adjacent to an activating group) is 1.